The molecule has 4 unspecified atom stereocenters. The van der Waals surface area contributed by atoms with Crippen molar-refractivity contribution >= 4 is 12.2 Å². The van der Waals surface area contributed by atoms with Gasteiger partial charge in [0.25, 0.3) is 0 Å². The number of nitrogens with two attached hydrogens (primary N) is 2. The van der Waals surface area contributed by atoms with Gasteiger partial charge in [0, 0.05) is 5.92 Å². The molecule has 0 aromatic carbocycles. The van der Waals surface area contributed by atoms with Crippen LogP contribution in [0.15, 0.2) is 9.98 Å². The number of aliphatic imine (C=N–C) groups is 2. The summed E-state index contributed by atoms with van der Waals surface area (Å²) in [4.78, 5) is 9.00. The molecule has 4 atom stereocenters. The summed E-state index contributed by atoms with van der Waals surface area (Å²) in [6.45, 7) is 6.45. The van der Waals surface area contributed by atoms with E-state index in [0.29, 0.717) is 17.9 Å². The van der Waals surface area contributed by atoms with E-state index in [0.717, 1.165) is 19.3 Å². The van der Waals surface area contributed by atoms with Crippen LogP contribution in [0, 0.1) is 11.8 Å². The zero-order valence-electron chi connectivity index (χ0n) is 11.3. The highest BCUT2D eigenvalue weighted by Crippen LogP contribution is 2.37. The molecule has 4 N–H and O–H groups in total. The largest absolute Gasteiger partial charge is 0.370 e. The van der Waals surface area contributed by atoms with Gasteiger partial charge in [-0.3, -0.25) is 4.99 Å². The van der Waals surface area contributed by atoms with Crippen molar-refractivity contribution in [3.8, 4) is 0 Å². The highest BCUT2D eigenvalue weighted by Gasteiger charge is 2.36. The maximum absolute atomic E-state index is 5.52. The molecule has 0 amide bonds. The van der Waals surface area contributed by atoms with Crippen LogP contribution in [0.5, 0.6) is 0 Å². The smallest absolute Gasteiger partial charge is 0.186 e. The third kappa shape index (κ3) is 4.02. The molecule has 0 radical (unpaired) electrons. The summed E-state index contributed by atoms with van der Waals surface area (Å²) in [5.74, 6) is 1.41. The lowest BCUT2D eigenvalue weighted by molar-refractivity contribution is 0.369. The standard InChI is InChI=1S/C13H26N4/c1-4-6-11(16-5-2)10-7-9(3)8-12(10)17-13(14)15/h5,9-12H,4,6-8H2,1-3H3,(H4,14,15,17). The predicted molar refractivity (Wildman–Crippen MR) is 74.3 cm³/mol. The van der Waals surface area contributed by atoms with Crippen molar-refractivity contribution < 1.29 is 0 Å². The van der Waals surface area contributed by atoms with Gasteiger partial charge in [-0.05, 0) is 38.3 Å². The van der Waals surface area contributed by atoms with Crippen molar-refractivity contribution in [2.45, 2.75) is 58.5 Å². The molecule has 0 aromatic rings. The Hall–Kier alpha value is -1.06. The number of guanidine groups is 1. The van der Waals surface area contributed by atoms with Crippen LogP contribution in [0.3, 0.4) is 0 Å². The first-order valence-electron chi connectivity index (χ1n) is 6.65. The lowest BCUT2D eigenvalue weighted by Crippen LogP contribution is -2.30. The van der Waals surface area contributed by atoms with Gasteiger partial charge in [0.05, 0.1) is 12.1 Å². The van der Waals surface area contributed by atoms with E-state index in [4.69, 9.17) is 11.5 Å². The first-order chi connectivity index (χ1) is 8.08. The molecule has 17 heavy (non-hydrogen) atoms. The number of hydrogen-bond donors (Lipinski definition) is 2. The summed E-state index contributed by atoms with van der Waals surface area (Å²) in [7, 11) is 0. The highest BCUT2D eigenvalue weighted by molar-refractivity contribution is 5.75. The Labute approximate surface area is 105 Å². The molecule has 0 aliphatic heterocycles. The van der Waals surface area contributed by atoms with E-state index in [1.54, 1.807) is 0 Å². The van der Waals surface area contributed by atoms with Crippen molar-refractivity contribution in [2.75, 3.05) is 0 Å². The third-order valence-corrected chi connectivity index (χ3v) is 3.55. The minimum absolute atomic E-state index is 0.213. The van der Waals surface area contributed by atoms with E-state index >= 15 is 0 Å². The van der Waals surface area contributed by atoms with Crippen LogP contribution in [0.2, 0.25) is 0 Å². The molecule has 1 fully saturated rings. The molecular formula is C13H26N4. The third-order valence-electron chi connectivity index (χ3n) is 3.55. The van der Waals surface area contributed by atoms with Crippen LogP contribution in [0.1, 0.15) is 46.5 Å². The van der Waals surface area contributed by atoms with Crippen molar-refractivity contribution in [1.82, 2.24) is 0 Å². The lowest BCUT2D eigenvalue weighted by Gasteiger charge is -2.23. The predicted octanol–water partition coefficient (Wildman–Crippen LogP) is 1.93. The van der Waals surface area contributed by atoms with E-state index in [1.807, 2.05) is 13.1 Å². The molecule has 0 spiro atoms. The number of hydrogen-bond acceptors (Lipinski definition) is 2. The van der Waals surface area contributed by atoms with Gasteiger partial charge in [-0.25, -0.2) is 4.99 Å². The van der Waals surface area contributed by atoms with Gasteiger partial charge in [-0.2, -0.15) is 0 Å². The van der Waals surface area contributed by atoms with Crippen molar-refractivity contribution in [1.29, 1.82) is 0 Å². The number of nitrogens with zero attached hydrogens (tertiary/aromatic N) is 2. The monoisotopic (exact) mass is 238 g/mol. The van der Waals surface area contributed by atoms with E-state index in [1.165, 1.54) is 6.42 Å². The van der Waals surface area contributed by atoms with Crippen LogP contribution in [-0.2, 0) is 0 Å². The van der Waals surface area contributed by atoms with E-state index in [-0.39, 0.29) is 12.0 Å². The van der Waals surface area contributed by atoms with Gasteiger partial charge in [-0.15, -0.1) is 0 Å². The quantitative estimate of drug-likeness (QED) is 0.567. The van der Waals surface area contributed by atoms with Crippen LogP contribution in [-0.4, -0.2) is 24.3 Å². The molecule has 4 nitrogen and oxygen atoms in total. The molecule has 0 heterocycles. The second-order valence-corrected chi connectivity index (χ2v) is 5.13. The zero-order chi connectivity index (χ0) is 12.8. The van der Waals surface area contributed by atoms with Crippen LogP contribution >= 0.6 is 0 Å². The Bertz CT molecular complexity index is 281. The normalized spacial score (nSPS) is 30.6. The summed E-state index contributed by atoms with van der Waals surface area (Å²) in [5, 5.41) is 0. The van der Waals surface area contributed by atoms with Gasteiger partial charge >= 0.3 is 0 Å². The van der Waals surface area contributed by atoms with Crippen LogP contribution in [0.4, 0.5) is 0 Å². The van der Waals surface area contributed by atoms with Crippen LogP contribution in [0.25, 0.3) is 0 Å². The summed E-state index contributed by atoms with van der Waals surface area (Å²) in [6.07, 6.45) is 6.46. The van der Waals surface area contributed by atoms with E-state index < -0.39 is 0 Å². The van der Waals surface area contributed by atoms with Gasteiger partial charge < -0.3 is 11.5 Å². The van der Waals surface area contributed by atoms with Gasteiger partial charge in [0.2, 0.25) is 0 Å². The molecular weight excluding hydrogens is 212 g/mol. The minimum atomic E-state index is 0.213. The Balaban J connectivity index is 2.79. The first kappa shape index (κ1) is 14.0. The summed E-state index contributed by atoms with van der Waals surface area (Å²) in [6, 6.07) is 0.637. The molecule has 0 aromatic heterocycles. The molecule has 4 heteroatoms. The second kappa shape index (κ2) is 6.62. The fourth-order valence-corrected chi connectivity index (χ4v) is 2.94. The van der Waals surface area contributed by atoms with Crippen molar-refractivity contribution in [3.63, 3.8) is 0 Å². The Morgan fingerprint density at radius 2 is 2.12 bits per heavy atom. The molecule has 1 aliphatic rings. The van der Waals surface area contributed by atoms with E-state index in [9.17, 15) is 0 Å². The lowest BCUT2D eigenvalue weighted by atomic mass is 9.91. The summed E-state index contributed by atoms with van der Waals surface area (Å²) >= 11 is 0. The maximum atomic E-state index is 5.52. The van der Waals surface area contributed by atoms with Gasteiger partial charge in [-0.1, -0.05) is 20.3 Å². The minimum Gasteiger partial charge on any atom is -0.370 e. The zero-order valence-corrected chi connectivity index (χ0v) is 11.3. The molecule has 1 rings (SSSR count). The highest BCUT2D eigenvalue weighted by atomic mass is 15.0. The molecule has 1 saturated carbocycles. The fourth-order valence-electron chi connectivity index (χ4n) is 2.94. The number of rotatable bonds is 5. The summed E-state index contributed by atoms with van der Waals surface area (Å²) < 4.78 is 0. The molecule has 0 bridgehead atoms. The Morgan fingerprint density at radius 1 is 1.41 bits per heavy atom. The molecule has 98 valence electrons. The van der Waals surface area contributed by atoms with Crippen molar-refractivity contribution in [2.24, 2.45) is 33.3 Å². The SMILES string of the molecule is CC=NC(CCC)C1CC(C)CC1N=C(N)N. The Kier molecular flexibility index (Phi) is 5.45. The maximum Gasteiger partial charge on any atom is 0.186 e. The van der Waals surface area contributed by atoms with Gasteiger partial charge in [0.15, 0.2) is 5.96 Å². The van der Waals surface area contributed by atoms with E-state index in [2.05, 4.69) is 23.8 Å². The fraction of sp³-hybridized carbons (Fsp3) is 0.846. The van der Waals surface area contributed by atoms with Crippen molar-refractivity contribution in [3.05, 3.63) is 0 Å². The van der Waals surface area contributed by atoms with Crippen LogP contribution < -0.4 is 11.5 Å². The average Bonchev–Trinajstić information content (AvgIpc) is 2.58. The summed E-state index contributed by atoms with van der Waals surface area (Å²) in [5.41, 5.74) is 11.0. The second-order valence-electron chi connectivity index (χ2n) is 5.13. The average molecular weight is 238 g/mol. The first-order valence-corrected chi connectivity index (χ1v) is 6.65. The Morgan fingerprint density at radius 3 is 2.65 bits per heavy atom. The van der Waals surface area contributed by atoms with Gasteiger partial charge in [0.1, 0.15) is 0 Å². The molecule has 1 aliphatic carbocycles. The molecule has 0 saturated heterocycles. The topological polar surface area (TPSA) is 76.8 Å².